The summed E-state index contributed by atoms with van der Waals surface area (Å²) in [5, 5.41) is 0.747. The largest absolute Gasteiger partial charge is 0.399 e. The minimum absolute atomic E-state index is 0.747. The van der Waals surface area contributed by atoms with Crippen molar-refractivity contribution in [3.63, 3.8) is 0 Å². The van der Waals surface area contributed by atoms with Crippen molar-refractivity contribution in [1.29, 1.82) is 0 Å². The van der Waals surface area contributed by atoms with Crippen molar-refractivity contribution >= 4 is 50.6 Å². The van der Waals surface area contributed by atoms with Crippen LogP contribution in [0.5, 0.6) is 0 Å². The Bertz CT molecular complexity index is 692. The van der Waals surface area contributed by atoms with Gasteiger partial charge in [-0.1, -0.05) is 23.4 Å². The Morgan fingerprint density at radius 3 is 2.67 bits per heavy atom. The van der Waals surface area contributed by atoms with Crippen LogP contribution in [0.4, 0.5) is 5.69 Å². The number of benzene rings is 2. The van der Waals surface area contributed by atoms with Crippen LogP contribution in [0, 0.1) is 0 Å². The maximum Gasteiger partial charge on any atom is 0.155 e. The van der Waals surface area contributed by atoms with Gasteiger partial charge in [-0.05, 0) is 42.5 Å². The van der Waals surface area contributed by atoms with E-state index in [1.165, 1.54) is 0 Å². The molecule has 0 unspecified atom stereocenters. The average molecular weight is 293 g/mol. The van der Waals surface area contributed by atoms with Crippen molar-refractivity contribution in [2.45, 2.75) is 9.24 Å². The Hall–Kier alpha value is -1.23. The van der Waals surface area contributed by atoms with Gasteiger partial charge in [0.2, 0.25) is 0 Å². The summed E-state index contributed by atoms with van der Waals surface area (Å²) in [6.07, 6.45) is 0. The minimum Gasteiger partial charge on any atom is -0.399 e. The third-order valence-electron chi connectivity index (χ3n) is 2.41. The third kappa shape index (κ3) is 2.46. The van der Waals surface area contributed by atoms with Gasteiger partial charge in [-0.2, -0.15) is 0 Å². The number of hydrogen-bond acceptors (Lipinski definition) is 4. The van der Waals surface area contributed by atoms with E-state index in [2.05, 4.69) is 4.98 Å². The van der Waals surface area contributed by atoms with Crippen molar-refractivity contribution in [2.24, 2.45) is 0 Å². The average Bonchev–Trinajstić information content (AvgIpc) is 2.73. The van der Waals surface area contributed by atoms with Gasteiger partial charge >= 0.3 is 0 Å². The maximum absolute atomic E-state index is 5.86. The summed E-state index contributed by atoms with van der Waals surface area (Å²) >= 11 is 9.15. The molecule has 5 heteroatoms. The first-order valence-corrected chi connectivity index (χ1v) is 7.31. The monoisotopic (exact) mass is 292 g/mol. The van der Waals surface area contributed by atoms with E-state index in [0.29, 0.717) is 0 Å². The normalized spacial score (nSPS) is 10.9. The first-order valence-electron chi connectivity index (χ1n) is 5.30. The van der Waals surface area contributed by atoms with Gasteiger partial charge in [0.1, 0.15) is 0 Å². The van der Waals surface area contributed by atoms with Gasteiger partial charge in [-0.15, -0.1) is 11.3 Å². The number of thiazole rings is 1. The molecule has 2 N–H and O–H groups in total. The highest BCUT2D eigenvalue weighted by Gasteiger charge is 2.05. The predicted molar refractivity (Wildman–Crippen MR) is 79.6 cm³/mol. The first-order chi connectivity index (χ1) is 8.70. The lowest BCUT2D eigenvalue weighted by molar-refractivity contribution is 1.29. The highest BCUT2D eigenvalue weighted by molar-refractivity contribution is 8.01. The number of nitrogen functional groups attached to an aromatic ring is 1. The summed E-state index contributed by atoms with van der Waals surface area (Å²) in [4.78, 5) is 5.70. The van der Waals surface area contributed by atoms with E-state index < -0.39 is 0 Å². The fourth-order valence-corrected chi connectivity index (χ4v) is 3.78. The van der Waals surface area contributed by atoms with Gasteiger partial charge < -0.3 is 5.73 Å². The van der Waals surface area contributed by atoms with Gasteiger partial charge in [-0.3, -0.25) is 0 Å². The molecule has 0 radical (unpaired) electrons. The molecule has 18 heavy (non-hydrogen) atoms. The third-order valence-corrected chi connectivity index (χ3v) is 4.75. The zero-order valence-electron chi connectivity index (χ0n) is 9.26. The first kappa shape index (κ1) is 11.8. The molecule has 0 aliphatic carbocycles. The van der Waals surface area contributed by atoms with Crippen LogP contribution in [0.25, 0.3) is 10.2 Å². The molecule has 0 aliphatic rings. The van der Waals surface area contributed by atoms with E-state index in [0.717, 1.165) is 30.2 Å². The lowest BCUT2D eigenvalue weighted by Gasteiger charge is -1.96. The molecule has 0 fully saturated rings. The number of halogens is 1. The second kappa shape index (κ2) is 4.80. The van der Waals surface area contributed by atoms with Crippen molar-refractivity contribution < 1.29 is 0 Å². The molecular weight excluding hydrogens is 284 g/mol. The number of nitrogens with two attached hydrogens (primary N) is 1. The molecule has 1 heterocycles. The highest BCUT2D eigenvalue weighted by Crippen LogP contribution is 2.35. The van der Waals surface area contributed by atoms with Gasteiger partial charge in [0.25, 0.3) is 0 Å². The van der Waals surface area contributed by atoms with Crippen molar-refractivity contribution in [2.75, 3.05) is 5.73 Å². The topological polar surface area (TPSA) is 38.9 Å². The molecule has 0 aliphatic heterocycles. The van der Waals surface area contributed by atoms with E-state index in [9.17, 15) is 0 Å². The Balaban J connectivity index is 1.92. The lowest BCUT2D eigenvalue weighted by atomic mass is 10.3. The van der Waals surface area contributed by atoms with Crippen molar-refractivity contribution in [3.8, 4) is 0 Å². The van der Waals surface area contributed by atoms with Gasteiger partial charge in [0, 0.05) is 15.6 Å². The molecule has 2 nitrogen and oxygen atoms in total. The molecule has 2 aromatic carbocycles. The molecule has 0 saturated heterocycles. The van der Waals surface area contributed by atoms with Crippen molar-refractivity contribution in [1.82, 2.24) is 4.98 Å². The Morgan fingerprint density at radius 1 is 1.11 bits per heavy atom. The van der Waals surface area contributed by atoms with Crippen LogP contribution < -0.4 is 5.73 Å². The smallest absolute Gasteiger partial charge is 0.155 e. The second-order valence-electron chi connectivity index (χ2n) is 3.76. The van der Waals surface area contributed by atoms with Crippen LogP contribution in [0.15, 0.2) is 51.7 Å². The number of nitrogens with zero attached hydrogens (tertiary/aromatic N) is 1. The molecule has 0 atom stereocenters. The SMILES string of the molecule is Nc1ccc2nc(Sc3ccc(Cl)cc3)sc2c1. The summed E-state index contributed by atoms with van der Waals surface area (Å²) in [5.74, 6) is 0. The Morgan fingerprint density at radius 2 is 1.89 bits per heavy atom. The van der Waals surface area contributed by atoms with E-state index >= 15 is 0 Å². The van der Waals surface area contributed by atoms with Crippen LogP contribution in [0.2, 0.25) is 5.02 Å². The Labute approximate surface area is 118 Å². The summed E-state index contributed by atoms with van der Waals surface area (Å²) in [6, 6.07) is 13.5. The Kier molecular flexibility index (Phi) is 3.16. The van der Waals surface area contributed by atoms with E-state index in [-0.39, 0.29) is 0 Å². The summed E-state index contributed by atoms with van der Waals surface area (Å²) in [6.45, 7) is 0. The number of anilines is 1. The molecule has 90 valence electrons. The number of rotatable bonds is 2. The number of aromatic nitrogens is 1. The van der Waals surface area contributed by atoms with Crippen LogP contribution in [-0.4, -0.2) is 4.98 Å². The molecule has 1 aromatic heterocycles. The quantitative estimate of drug-likeness (QED) is 0.697. The van der Waals surface area contributed by atoms with Crippen LogP contribution >= 0.6 is 34.7 Å². The zero-order chi connectivity index (χ0) is 12.5. The van der Waals surface area contributed by atoms with E-state index in [4.69, 9.17) is 17.3 Å². The van der Waals surface area contributed by atoms with E-state index in [1.54, 1.807) is 23.1 Å². The molecule has 3 aromatic rings. The fourth-order valence-electron chi connectivity index (χ4n) is 1.57. The standard InChI is InChI=1S/C13H9ClN2S2/c14-8-1-4-10(5-2-8)17-13-16-11-6-3-9(15)7-12(11)18-13/h1-7H,15H2. The van der Waals surface area contributed by atoms with E-state index in [1.807, 2.05) is 42.5 Å². The van der Waals surface area contributed by atoms with Crippen molar-refractivity contribution in [3.05, 3.63) is 47.5 Å². The summed E-state index contributed by atoms with van der Waals surface area (Å²) < 4.78 is 2.13. The number of hydrogen-bond donors (Lipinski definition) is 1. The zero-order valence-corrected chi connectivity index (χ0v) is 11.6. The molecule has 0 bridgehead atoms. The number of fused-ring (bicyclic) bond motifs is 1. The van der Waals surface area contributed by atoms with Crippen LogP contribution in [0.1, 0.15) is 0 Å². The second-order valence-corrected chi connectivity index (χ2v) is 6.55. The fraction of sp³-hybridized carbons (Fsp3) is 0. The van der Waals surface area contributed by atoms with Crippen LogP contribution in [-0.2, 0) is 0 Å². The molecular formula is C13H9ClN2S2. The van der Waals surface area contributed by atoms with Gasteiger partial charge in [0.15, 0.2) is 4.34 Å². The van der Waals surface area contributed by atoms with Crippen LogP contribution in [0.3, 0.4) is 0 Å². The maximum atomic E-state index is 5.86. The summed E-state index contributed by atoms with van der Waals surface area (Å²) in [5.41, 5.74) is 7.52. The molecule has 0 saturated carbocycles. The lowest BCUT2D eigenvalue weighted by Crippen LogP contribution is -1.81. The molecule has 3 rings (SSSR count). The van der Waals surface area contributed by atoms with Gasteiger partial charge in [-0.25, -0.2) is 4.98 Å². The predicted octanol–water partition coefficient (Wildman–Crippen LogP) is 4.68. The minimum atomic E-state index is 0.747. The highest BCUT2D eigenvalue weighted by atomic mass is 35.5. The molecule has 0 spiro atoms. The summed E-state index contributed by atoms with van der Waals surface area (Å²) in [7, 11) is 0. The molecule has 0 amide bonds. The van der Waals surface area contributed by atoms with Gasteiger partial charge in [0.05, 0.1) is 10.2 Å².